The zero-order valence-electron chi connectivity index (χ0n) is 9.32. The first-order chi connectivity index (χ1) is 8.13. The van der Waals surface area contributed by atoms with Gasteiger partial charge in [0, 0.05) is 19.0 Å². The Bertz CT molecular complexity index is 522. The number of hydrogen-bond donors (Lipinski definition) is 1. The number of rotatable bonds is 3. The van der Waals surface area contributed by atoms with E-state index in [4.69, 9.17) is 16.7 Å². The van der Waals surface area contributed by atoms with Gasteiger partial charge in [0.2, 0.25) is 0 Å². The third kappa shape index (κ3) is 2.33. The van der Waals surface area contributed by atoms with Crippen molar-refractivity contribution >= 4 is 11.6 Å². The fraction of sp³-hybridized carbons (Fsp3) is 0.250. The van der Waals surface area contributed by atoms with Crippen LogP contribution in [0.5, 0.6) is 0 Å². The second kappa shape index (κ2) is 4.85. The van der Waals surface area contributed by atoms with Crippen LogP contribution in [-0.4, -0.2) is 21.3 Å². The highest BCUT2D eigenvalue weighted by Crippen LogP contribution is 2.27. The van der Waals surface area contributed by atoms with E-state index < -0.39 is 0 Å². The summed E-state index contributed by atoms with van der Waals surface area (Å²) >= 11 is 6.15. The molecule has 0 fully saturated rings. The van der Waals surface area contributed by atoms with Gasteiger partial charge in [0.25, 0.3) is 0 Å². The summed E-state index contributed by atoms with van der Waals surface area (Å²) in [5, 5.41) is 9.39. The molecule has 0 aliphatic heterocycles. The van der Waals surface area contributed by atoms with Crippen LogP contribution < -0.4 is 0 Å². The second-order valence-corrected chi connectivity index (χ2v) is 4.06. The van der Waals surface area contributed by atoms with Crippen molar-refractivity contribution in [3.05, 3.63) is 41.1 Å². The summed E-state index contributed by atoms with van der Waals surface area (Å²) in [5.41, 5.74) is 1.37. The quantitative estimate of drug-likeness (QED) is 0.914. The minimum Gasteiger partial charge on any atom is -0.396 e. The second-order valence-electron chi connectivity index (χ2n) is 3.71. The predicted molar refractivity (Wildman–Crippen MR) is 64.4 cm³/mol. The molecule has 1 aromatic carbocycles. The van der Waals surface area contributed by atoms with E-state index in [9.17, 15) is 4.39 Å². The van der Waals surface area contributed by atoms with Gasteiger partial charge in [-0.05, 0) is 24.3 Å². The molecule has 1 heterocycles. The van der Waals surface area contributed by atoms with E-state index in [2.05, 4.69) is 4.98 Å². The molecule has 5 heteroatoms. The van der Waals surface area contributed by atoms with E-state index in [-0.39, 0.29) is 12.4 Å². The van der Waals surface area contributed by atoms with Crippen molar-refractivity contribution in [1.82, 2.24) is 9.55 Å². The zero-order valence-corrected chi connectivity index (χ0v) is 10.1. The Morgan fingerprint density at radius 1 is 1.35 bits per heavy atom. The van der Waals surface area contributed by atoms with E-state index >= 15 is 0 Å². The van der Waals surface area contributed by atoms with E-state index in [1.807, 2.05) is 0 Å². The van der Waals surface area contributed by atoms with Crippen LogP contribution in [0.4, 0.5) is 4.39 Å². The normalized spacial score (nSPS) is 10.8. The van der Waals surface area contributed by atoms with E-state index in [1.165, 1.54) is 12.1 Å². The lowest BCUT2D eigenvalue weighted by Gasteiger charge is -1.99. The molecule has 1 N–H and O–H groups in total. The highest BCUT2D eigenvalue weighted by atomic mass is 35.5. The maximum Gasteiger partial charge on any atom is 0.136 e. The van der Waals surface area contributed by atoms with Crippen molar-refractivity contribution in [2.45, 2.75) is 6.42 Å². The van der Waals surface area contributed by atoms with Crippen molar-refractivity contribution in [2.24, 2.45) is 7.05 Å². The molecule has 90 valence electrons. The maximum atomic E-state index is 12.8. The summed E-state index contributed by atoms with van der Waals surface area (Å²) in [6.45, 7) is 0.0179. The number of aromatic nitrogens is 2. The summed E-state index contributed by atoms with van der Waals surface area (Å²) in [5.74, 6) is 0.410. The monoisotopic (exact) mass is 254 g/mol. The summed E-state index contributed by atoms with van der Waals surface area (Å²) in [6, 6.07) is 6.00. The first-order valence-electron chi connectivity index (χ1n) is 5.21. The van der Waals surface area contributed by atoms with E-state index in [1.54, 1.807) is 23.7 Å². The van der Waals surface area contributed by atoms with E-state index in [0.29, 0.717) is 23.1 Å². The van der Waals surface area contributed by atoms with Crippen LogP contribution in [0.25, 0.3) is 11.3 Å². The average molecular weight is 255 g/mol. The Balaban J connectivity index is 2.45. The molecule has 2 aromatic rings. The molecule has 0 amide bonds. The van der Waals surface area contributed by atoms with Crippen molar-refractivity contribution in [3.8, 4) is 11.3 Å². The molecule has 0 unspecified atom stereocenters. The van der Waals surface area contributed by atoms with Gasteiger partial charge in [0.15, 0.2) is 0 Å². The molecular weight excluding hydrogens is 243 g/mol. The molecule has 1 aromatic heterocycles. The molecule has 0 spiro atoms. The fourth-order valence-electron chi connectivity index (χ4n) is 1.64. The number of halogens is 2. The Kier molecular flexibility index (Phi) is 3.45. The summed E-state index contributed by atoms with van der Waals surface area (Å²) in [7, 11) is 1.79. The van der Waals surface area contributed by atoms with Gasteiger partial charge in [-0.2, -0.15) is 0 Å². The smallest absolute Gasteiger partial charge is 0.136 e. The molecule has 3 nitrogen and oxygen atoms in total. The van der Waals surface area contributed by atoms with Crippen molar-refractivity contribution in [3.63, 3.8) is 0 Å². The molecule has 17 heavy (non-hydrogen) atoms. The van der Waals surface area contributed by atoms with Gasteiger partial charge in [-0.3, -0.25) is 0 Å². The summed E-state index contributed by atoms with van der Waals surface area (Å²) in [6.07, 6.45) is 0.442. The molecule has 2 rings (SSSR count). The van der Waals surface area contributed by atoms with Crippen molar-refractivity contribution in [1.29, 1.82) is 0 Å². The van der Waals surface area contributed by atoms with Crippen LogP contribution in [0.15, 0.2) is 24.3 Å². The number of imidazole rings is 1. The van der Waals surface area contributed by atoms with Gasteiger partial charge in [-0.1, -0.05) is 11.6 Å². The van der Waals surface area contributed by atoms with Crippen LogP contribution in [0, 0.1) is 5.82 Å². The number of nitrogens with zero attached hydrogens (tertiary/aromatic N) is 2. The third-order valence-electron chi connectivity index (χ3n) is 2.57. The Labute approximate surface area is 103 Å². The minimum absolute atomic E-state index is 0.0179. The standard InChI is InChI=1S/C12H12ClFN2O/c1-16-10(6-7-17)15-11(12(16)13)8-2-4-9(14)5-3-8/h2-5,17H,6-7H2,1H3. The van der Waals surface area contributed by atoms with Gasteiger partial charge in [-0.25, -0.2) is 9.37 Å². The molecule has 0 atom stereocenters. The van der Waals surface area contributed by atoms with Crippen LogP contribution in [-0.2, 0) is 13.5 Å². The SMILES string of the molecule is Cn1c(CCO)nc(-c2ccc(F)cc2)c1Cl. The predicted octanol–water partition coefficient (Wildman–Crippen LogP) is 2.41. The summed E-state index contributed by atoms with van der Waals surface area (Å²) < 4.78 is 14.5. The van der Waals surface area contributed by atoms with Crippen LogP contribution >= 0.6 is 11.6 Å². The third-order valence-corrected chi connectivity index (χ3v) is 3.00. The van der Waals surface area contributed by atoms with Gasteiger partial charge in [0.05, 0.1) is 6.61 Å². The number of aliphatic hydroxyl groups is 1. The van der Waals surface area contributed by atoms with Gasteiger partial charge >= 0.3 is 0 Å². The topological polar surface area (TPSA) is 38.0 Å². The van der Waals surface area contributed by atoms with Crippen LogP contribution in [0.2, 0.25) is 5.15 Å². The largest absolute Gasteiger partial charge is 0.396 e. The molecule has 0 radical (unpaired) electrons. The zero-order chi connectivity index (χ0) is 12.4. The number of aliphatic hydroxyl groups excluding tert-OH is 1. The lowest BCUT2D eigenvalue weighted by molar-refractivity contribution is 0.295. The summed E-state index contributed by atoms with van der Waals surface area (Å²) in [4.78, 5) is 4.35. The van der Waals surface area contributed by atoms with Crippen LogP contribution in [0.3, 0.4) is 0 Å². The van der Waals surface area contributed by atoms with Gasteiger partial charge < -0.3 is 9.67 Å². The first-order valence-corrected chi connectivity index (χ1v) is 5.59. The minimum atomic E-state index is -0.295. The average Bonchev–Trinajstić information content (AvgIpc) is 2.59. The number of hydrogen-bond acceptors (Lipinski definition) is 2. The lowest BCUT2D eigenvalue weighted by atomic mass is 10.2. The van der Waals surface area contributed by atoms with Crippen molar-refractivity contribution < 1.29 is 9.50 Å². The number of benzene rings is 1. The maximum absolute atomic E-state index is 12.8. The molecule has 0 bridgehead atoms. The lowest BCUT2D eigenvalue weighted by Crippen LogP contribution is -2.00. The molecular formula is C12H12ClFN2O. The fourth-order valence-corrected chi connectivity index (χ4v) is 1.89. The highest BCUT2D eigenvalue weighted by molar-refractivity contribution is 6.32. The first kappa shape index (κ1) is 12.1. The molecule has 0 aliphatic rings. The molecule has 0 saturated carbocycles. The Hall–Kier alpha value is -1.39. The van der Waals surface area contributed by atoms with Gasteiger partial charge in [0.1, 0.15) is 22.5 Å². The molecule has 0 saturated heterocycles. The van der Waals surface area contributed by atoms with Crippen LogP contribution in [0.1, 0.15) is 5.82 Å². The Morgan fingerprint density at radius 2 is 2.00 bits per heavy atom. The van der Waals surface area contributed by atoms with E-state index in [0.717, 1.165) is 5.56 Å². The van der Waals surface area contributed by atoms with Gasteiger partial charge in [-0.15, -0.1) is 0 Å². The molecule has 0 aliphatic carbocycles. The van der Waals surface area contributed by atoms with Crippen molar-refractivity contribution in [2.75, 3.05) is 6.61 Å². The Morgan fingerprint density at radius 3 is 2.59 bits per heavy atom. The highest BCUT2D eigenvalue weighted by Gasteiger charge is 2.13.